The molecule has 0 bridgehead atoms. The fourth-order valence-electron chi connectivity index (χ4n) is 2.51. The summed E-state index contributed by atoms with van der Waals surface area (Å²) >= 11 is 0. The number of aryl methyl sites for hydroxylation is 2. The Kier molecular flexibility index (Phi) is 6.28. The van der Waals surface area contributed by atoms with Crippen molar-refractivity contribution < 1.29 is 19.0 Å². The highest BCUT2D eigenvalue weighted by Crippen LogP contribution is 2.25. The van der Waals surface area contributed by atoms with E-state index in [0.29, 0.717) is 30.2 Å². The van der Waals surface area contributed by atoms with Crippen molar-refractivity contribution in [1.82, 2.24) is 5.32 Å². The fourth-order valence-corrected chi connectivity index (χ4v) is 2.51. The molecule has 0 atom stereocenters. The van der Waals surface area contributed by atoms with Gasteiger partial charge in [0.05, 0.1) is 20.8 Å². The number of methoxy groups -OCH3 is 2. The lowest BCUT2D eigenvalue weighted by Crippen LogP contribution is -2.28. The Morgan fingerprint density at radius 3 is 2.16 bits per heavy atom. The van der Waals surface area contributed by atoms with Gasteiger partial charge in [0.2, 0.25) is 0 Å². The number of carbonyl (C=O) groups excluding carboxylic acids is 1. The molecule has 0 fully saturated rings. The highest BCUT2D eigenvalue weighted by atomic mass is 16.5. The van der Waals surface area contributed by atoms with Crippen LogP contribution in [-0.2, 0) is 0 Å². The molecule has 1 N–H and O–H groups in total. The normalized spacial score (nSPS) is 10.3. The molecule has 0 spiro atoms. The SMILES string of the molecule is COc1cc(OC)cc(C(=O)NCCOc2c(C)ccc(C)c2C)c1. The van der Waals surface area contributed by atoms with Crippen molar-refractivity contribution in [2.45, 2.75) is 20.8 Å². The minimum atomic E-state index is -0.196. The van der Waals surface area contributed by atoms with Crippen LogP contribution in [0.25, 0.3) is 0 Å². The van der Waals surface area contributed by atoms with Crippen molar-refractivity contribution in [3.63, 3.8) is 0 Å². The second-order valence-corrected chi connectivity index (χ2v) is 5.86. The summed E-state index contributed by atoms with van der Waals surface area (Å²) in [7, 11) is 3.10. The van der Waals surface area contributed by atoms with Crippen LogP contribution in [0.4, 0.5) is 0 Å². The minimum Gasteiger partial charge on any atom is -0.497 e. The Hall–Kier alpha value is -2.69. The third kappa shape index (κ3) is 4.66. The van der Waals surface area contributed by atoms with Gasteiger partial charge < -0.3 is 19.5 Å². The average Bonchev–Trinajstić information content (AvgIpc) is 2.63. The Balaban J connectivity index is 1.94. The van der Waals surface area contributed by atoms with Gasteiger partial charge in [-0.2, -0.15) is 0 Å². The maximum atomic E-state index is 12.3. The van der Waals surface area contributed by atoms with Gasteiger partial charge >= 0.3 is 0 Å². The molecule has 0 aliphatic rings. The molecule has 134 valence electrons. The zero-order chi connectivity index (χ0) is 18.4. The summed E-state index contributed by atoms with van der Waals surface area (Å²) < 4.78 is 16.2. The third-order valence-electron chi connectivity index (χ3n) is 4.12. The first kappa shape index (κ1) is 18.6. The number of hydrogen-bond acceptors (Lipinski definition) is 4. The van der Waals surface area contributed by atoms with Crippen LogP contribution in [0.15, 0.2) is 30.3 Å². The Bertz CT molecular complexity index is 733. The minimum absolute atomic E-state index is 0.196. The van der Waals surface area contributed by atoms with E-state index in [4.69, 9.17) is 14.2 Å². The van der Waals surface area contributed by atoms with E-state index in [0.717, 1.165) is 16.9 Å². The standard InChI is InChI=1S/C20H25NO4/c1-13-6-7-14(2)19(15(13)3)25-9-8-21-20(22)16-10-17(23-4)12-18(11-16)24-5/h6-7,10-12H,8-9H2,1-5H3,(H,21,22). The molecule has 2 aromatic carbocycles. The van der Waals surface area contributed by atoms with Gasteiger partial charge in [-0.3, -0.25) is 4.79 Å². The lowest BCUT2D eigenvalue weighted by Gasteiger charge is -2.14. The largest absolute Gasteiger partial charge is 0.497 e. The lowest BCUT2D eigenvalue weighted by molar-refractivity contribution is 0.0946. The molecule has 0 aliphatic carbocycles. The lowest BCUT2D eigenvalue weighted by atomic mass is 10.1. The number of ether oxygens (including phenoxy) is 3. The van der Waals surface area contributed by atoms with Crippen molar-refractivity contribution in [3.05, 3.63) is 52.6 Å². The second-order valence-electron chi connectivity index (χ2n) is 5.86. The zero-order valence-electron chi connectivity index (χ0n) is 15.4. The number of rotatable bonds is 7. The molecular formula is C20H25NO4. The van der Waals surface area contributed by atoms with Gasteiger partial charge in [0.25, 0.3) is 5.91 Å². The summed E-state index contributed by atoms with van der Waals surface area (Å²) in [6, 6.07) is 9.19. The van der Waals surface area contributed by atoms with Gasteiger partial charge in [-0.05, 0) is 49.6 Å². The van der Waals surface area contributed by atoms with Crippen LogP contribution in [0.1, 0.15) is 27.0 Å². The zero-order valence-corrected chi connectivity index (χ0v) is 15.4. The highest BCUT2D eigenvalue weighted by molar-refractivity contribution is 5.95. The van der Waals surface area contributed by atoms with Gasteiger partial charge in [0.15, 0.2) is 0 Å². The molecule has 0 heterocycles. The topological polar surface area (TPSA) is 56.8 Å². The van der Waals surface area contributed by atoms with Crippen LogP contribution in [0.5, 0.6) is 17.2 Å². The predicted octanol–water partition coefficient (Wildman–Crippen LogP) is 3.44. The van der Waals surface area contributed by atoms with Crippen LogP contribution in [-0.4, -0.2) is 33.3 Å². The van der Waals surface area contributed by atoms with E-state index in [1.165, 1.54) is 5.56 Å². The second kappa shape index (κ2) is 8.42. The van der Waals surface area contributed by atoms with Gasteiger partial charge in [0.1, 0.15) is 23.9 Å². The van der Waals surface area contributed by atoms with Crippen molar-refractivity contribution >= 4 is 5.91 Å². The van der Waals surface area contributed by atoms with E-state index < -0.39 is 0 Å². The summed E-state index contributed by atoms with van der Waals surface area (Å²) in [5.74, 6) is 1.84. The number of nitrogens with one attached hydrogen (secondary N) is 1. The molecule has 0 saturated heterocycles. The van der Waals surface area contributed by atoms with E-state index in [1.54, 1.807) is 32.4 Å². The van der Waals surface area contributed by atoms with Gasteiger partial charge in [-0.1, -0.05) is 12.1 Å². The number of benzene rings is 2. The Morgan fingerprint density at radius 2 is 1.56 bits per heavy atom. The van der Waals surface area contributed by atoms with E-state index in [1.807, 2.05) is 19.9 Å². The molecule has 25 heavy (non-hydrogen) atoms. The molecule has 0 aliphatic heterocycles. The van der Waals surface area contributed by atoms with Crippen LogP contribution >= 0.6 is 0 Å². The molecule has 2 aromatic rings. The number of carbonyl (C=O) groups is 1. The van der Waals surface area contributed by atoms with Crippen molar-refractivity contribution in [2.24, 2.45) is 0 Å². The summed E-state index contributed by atoms with van der Waals surface area (Å²) in [5, 5.41) is 2.85. The molecule has 0 radical (unpaired) electrons. The predicted molar refractivity (Wildman–Crippen MR) is 98.0 cm³/mol. The number of hydrogen-bond donors (Lipinski definition) is 1. The first-order chi connectivity index (χ1) is 12.0. The fraction of sp³-hybridized carbons (Fsp3) is 0.350. The first-order valence-corrected chi connectivity index (χ1v) is 8.17. The smallest absolute Gasteiger partial charge is 0.251 e. The van der Waals surface area contributed by atoms with Crippen molar-refractivity contribution in [2.75, 3.05) is 27.4 Å². The van der Waals surface area contributed by atoms with Gasteiger partial charge in [0, 0.05) is 11.6 Å². The molecule has 2 rings (SSSR count). The number of amides is 1. The summed E-state index contributed by atoms with van der Waals surface area (Å²) in [5.41, 5.74) is 3.89. The van der Waals surface area contributed by atoms with Gasteiger partial charge in [-0.25, -0.2) is 0 Å². The molecule has 1 amide bonds. The Morgan fingerprint density at radius 1 is 0.960 bits per heavy atom. The van der Waals surface area contributed by atoms with Gasteiger partial charge in [-0.15, -0.1) is 0 Å². The maximum absolute atomic E-state index is 12.3. The first-order valence-electron chi connectivity index (χ1n) is 8.17. The molecular weight excluding hydrogens is 318 g/mol. The van der Waals surface area contributed by atoms with Crippen molar-refractivity contribution in [3.8, 4) is 17.2 Å². The summed E-state index contributed by atoms with van der Waals surface area (Å²) in [4.78, 5) is 12.3. The molecule has 0 unspecified atom stereocenters. The highest BCUT2D eigenvalue weighted by Gasteiger charge is 2.10. The summed E-state index contributed by atoms with van der Waals surface area (Å²) in [6.07, 6.45) is 0. The molecule has 0 aromatic heterocycles. The van der Waals surface area contributed by atoms with Crippen molar-refractivity contribution in [1.29, 1.82) is 0 Å². The van der Waals surface area contributed by atoms with E-state index in [-0.39, 0.29) is 5.91 Å². The Labute approximate surface area is 148 Å². The van der Waals surface area contributed by atoms with Crippen LogP contribution < -0.4 is 19.5 Å². The van der Waals surface area contributed by atoms with E-state index in [9.17, 15) is 4.79 Å². The van der Waals surface area contributed by atoms with Crippen LogP contribution in [0, 0.1) is 20.8 Å². The van der Waals surface area contributed by atoms with E-state index >= 15 is 0 Å². The summed E-state index contributed by atoms with van der Waals surface area (Å²) in [6.45, 7) is 6.92. The monoisotopic (exact) mass is 343 g/mol. The van der Waals surface area contributed by atoms with Crippen LogP contribution in [0.2, 0.25) is 0 Å². The third-order valence-corrected chi connectivity index (χ3v) is 4.12. The molecule has 0 saturated carbocycles. The average molecular weight is 343 g/mol. The molecule has 5 heteroatoms. The quantitative estimate of drug-likeness (QED) is 0.783. The maximum Gasteiger partial charge on any atom is 0.251 e. The van der Waals surface area contributed by atoms with Crippen LogP contribution in [0.3, 0.4) is 0 Å². The molecule has 5 nitrogen and oxygen atoms in total. The van der Waals surface area contributed by atoms with E-state index in [2.05, 4.69) is 18.3 Å².